The number of phenolic OH excluding ortho intramolecular Hbond substituents is 1. The lowest BCUT2D eigenvalue weighted by Crippen LogP contribution is -2.35. The SMILES string of the molecule is CN1C(=O)/C(=C\c2ccccc2O)SC1=Nc1cccc(C(=O)N2CCCCC2)c1. The number of hydrogen-bond donors (Lipinski definition) is 1. The third-order valence-electron chi connectivity index (χ3n) is 5.19. The average molecular weight is 422 g/mol. The van der Waals surface area contributed by atoms with Crippen LogP contribution in [-0.2, 0) is 4.79 Å². The third-order valence-corrected chi connectivity index (χ3v) is 6.25. The van der Waals surface area contributed by atoms with Gasteiger partial charge >= 0.3 is 0 Å². The van der Waals surface area contributed by atoms with Crippen molar-refractivity contribution in [2.24, 2.45) is 4.99 Å². The Morgan fingerprint density at radius 2 is 1.87 bits per heavy atom. The van der Waals surface area contributed by atoms with E-state index in [2.05, 4.69) is 4.99 Å². The van der Waals surface area contributed by atoms with E-state index < -0.39 is 0 Å². The number of carbonyl (C=O) groups excluding carboxylic acids is 2. The molecule has 2 aromatic carbocycles. The van der Waals surface area contributed by atoms with E-state index in [0.717, 1.165) is 25.9 Å². The molecule has 2 aliphatic heterocycles. The second-order valence-corrected chi connectivity index (χ2v) is 8.34. The van der Waals surface area contributed by atoms with Crippen LogP contribution in [0.25, 0.3) is 6.08 Å². The van der Waals surface area contributed by atoms with Crippen molar-refractivity contribution in [3.05, 3.63) is 64.6 Å². The van der Waals surface area contributed by atoms with Crippen molar-refractivity contribution in [2.75, 3.05) is 20.1 Å². The summed E-state index contributed by atoms with van der Waals surface area (Å²) in [6.45, 7) is 1.59. The van der Waals surface area contributed by atoms with Crippen LogP contribution in [0.5, 0.6) is 5.75 Å². The van der Waals surface area contributed by atoms with E-state index in [1.165, 1.54) is 23.1 Å². The number of aromatic hydroxyl groups is 1. The molecule has 0 saturated carbocycles. The van der Waals surface area contributed by atoms with E-state index in [1.807, 2.05) is 17.0 Å². The van der Waals surface area contributed by atoms with Gasteiger partial charge < -0.3 is 10.0 Å². The summed E-state index contributed by atoms with van der Waals surface area (Å²) >= 11 is 1.25. The van der Waals surface area contributed by atoms with Crippen LogP contribution in [0.15, 0.2) is 58.4 Å². The predicted octanol–water partition coefficient (Wildman–Crippen LogP) is 4.25. The van der Waals surface area contributed by atoms with Gasteiger partial charge in [-0.05, 0) is 61.4 Å². The largest absolute Gasteiger partial charge is 0.507 e. The Labute approximate surface area is 179 Å². The molecular weight excluding hydrogens is 398 g/mol. The summed E-state index contributed by atoms with van der Waals surface area (Å²) in [6.07, 6.45) is 4.93. The molecule has 2 saturated heterocycles. The lowest BCUT2D eigenvalue weighted by Gasteiger charge is -2.26. The number of amides is 2. The van der Waals surface area contributed by atoms with Gasteiger partial charge in [0.1, 0.15) is 5.75 Å². The second-order valence-electron chi connectivity index (χ2n) is 7.33. The number of carbonyl (C=O) groups is 2. The highest BCUT2D eigenvalue weighted by molar-refractivity contribution is 8.18. The number of likely N-dealkylation sites (tertiary alicyclic amines) is 1. The number of aliphatic imine (C=N–C) groups is 1. The molecule has 0 bridgehead atoms. The molecule has 6 nitrogen and oxygen atoms in total. The van der Waals surface area contributed by atoms with E-state index in [1.54, 1.807) is 49.5 Å². The molecule has 0 spiro atoms. The highest BCUT2D eigenvalue weighted by Crippen LogP contribution is 2.34. The fraction of sp³-hybridized carbons (Fsp3) is 0.261. The van der Waals surface area contributed by atoms with Crippen LogP contribution in [-0.4, -0.2) is 52.0 Å². The molecule has 2 heterocycles. The summed E-state index contributed by atoms with van der Waals surface area (Å²) in [4.78, 5) is 33.8. The molecule has 1 N–H and O–H groups in total. The van der Waals surface area contributed by atoms with Crippen molar-refractivity contribution in [1.82, 2.24) is 9.80 Å². The van der Waals surface area contributed by atoms with Gasteiger partial charge in [0.05, 0.1) is 10.6 Å². The second kappa shape index (κ2) is 8.75. The highest BCUT2D eigenvalue weighted by atomic mass is 32.2. The van der Waals surface area contributed by atoms with Crippen molar-refractivity contribution < 1.29 is 14.7 Å². The van der Waals surface area contributed by atoms with Crippen molar-refractivity contribution >= 4 is 40.5 Å². The zero-order valence-corrected chi connectivity index (χ0v) is 17.6. The number of hydrogen-bond acceptors (Lipinski definition) is 5. The molecule has 0 aromatic heterocycles. The smallest absolute Gasteiger partial charge is 0.266 e. The van der Waals surface area contributed by atoms with Gasteiger partial charge in [-0.15, -0.1) is 0 Å². The Kier molecular flexibility index (Phi) is 5.90. The summed E-state index contributed by atoms with van der Waals surface area (Å²) in [7, 11) is 1.67. The fourth-order valence-electron chi connectivity index (χ4n) is 3.50. The molecule has 2 amide bonds. The van der Waals surface area contributed by atoms with Gasteiger partial charge in [0.2, 0.25) is 0 Å². The number of thioether (sulfide) groups is 1. The van der Waals surface area contributed by atoms with Gasteiger partial charge in [0, 0.05) is 31.3 Å². The molecule has 30 heavy (non-hydrogen) atoms. The van der Waals surface area contributed by atoms with Gasteiger partial charge in [-0.25, -0.2) is 4.99 Å². The maximum Gasteiger partial charge on any atom is 0.266 e. The van der Waals surface area contributed by atoms with Gasteiger partial charge in [-0.2, -0.15) is 0 Å². The Morgan fingerprint density at radius 3 is 2.63 bits per heavy atom. The van der Waals surface area contributed by atoms with E-state index in [4.69, 9.17) is 0 Å². The molecule has 2 fully saturated rings. The third kappa shape index (κ3) is 4.26. The first-order valence-electron chi connectivity index (χ1n) is 9.96. The summed E-state index contributed by atoms with van der Waals surface area (Å²) in [5.74, 6) is -0.0293. The molecule has 0 unspecified atom stereocenters. The van der Waals surface area contributed by atoms with E-state index in [0.29, 0.717) is 26.9 Å². The van der Waals surface area contributed by atoms with Crippen LogP contribution < -0.4 is 0 Å². The molecule has 0 atom stereocenters. The first kappa shape index (κ1) is 20.2. The molecule has 4 rings (SSSR count). The minimum absolute atomic E-state index is 0.0281. The molecule has 0 radical (unpaired) electrons. The van der Waals surface area contributed by atoms with Gasteiger partial charge in [0.15, 0.2) is 5.17 Å². The van der Waals surface area contributed by atoms with Crippen molar-refractivity contribution in [2.45, 2.75) is 19.3 Å². The Morgan fingerprint density at radius 1 is 1.10 bits per heavy atom. The number of rotatable bonds is 3. The normalized spacial score (nSPS) is 19.7. The van der Waals surface area contributed by atoms with Crippen molar-refractivity contribution in [3.63, 3.8) is 0 Å². The lowest BCUT2D eigenvalue weighted by atomic mass is 10.1. The number of amidine groups is 1. The van der Waals surface area contributed by atoms with Crippen LogP contribution in [0.3, 0.4) is 0 Å². The summed E-state index contributed by atoms with van der Waals surface area (Å²) in [6, 6.07) is 14.1. The predicted molar refractivity (Wildman–Crippen MR) is 120 cm³/mol. The topological polar surface area (TPSA) is 73.2 Å². The maximum absolute atomic E-state index is 12.8. The average Bonchev–Trinajstić information content (AvgIpc) is 3.03. The lowest BCUT2D eigenvalue weighted by molar-refractivity contribution is -0.121. The maximum atomic E-state index is 12.8. The van der Waals surface area contributed by atoms with Crippen LogP contribution in [0.4, 0.5) is 5.69 Å². The van der Waals surface area contributed by atoms with Crippen LogP contribution in [0.2, 0.25) is 0 Å². The number of phenols is 1. The zero-order chi connectivity index (χ0) is 21.1. The number of likely N-dealkylation sites (N-methyl/N-ethyl adjacent to an activating group) is 1. The monoisotopic (exact) mass is 421 g/mol. The first-order valence-corrected chi connectivity index (χ1v) is 10.8. The van der Waals surface area contributed by atoms with Gasteiger partial charge in [-0.1, -0.05) is 24.3 Å². The zero-order valence-electron chi connectivity index (χ0n) is 16.7. The minimum Gasteiger partial charge on any atom is -0.507 e. The summed E-state index contributed by atoms with van der Waals surface area (Å²) in [5.41, 5.74) is 1.82. The molecule has 0 aliphatic carbocycles. The van der Waals surface area contributed by atoms with E-state index in [9.17, 15) is 14.7 Å². The van der Waals surface area contributed by atoms with E-state index in [-0.39, 0.29) is 17.6 Å². The van der Waals surface area contributed by atoms with Crippen LogP contribution in [0.1, 0.15) is 35.2 Å². The molecule has 154 valence electrons. The molecule has 2 aliphatic rings. The fourth-order valence-corrected chi connectivity index (χ4v) is 4.48. The molecular formula is C23H23N3O3S. The van der Waals surface area contributed by atoms with Gasteiger partial charge in [0.25, 0.3) is 11.8 Å². The minimum atomic E-state index is -0.178. The standard InChI is InChI=1S/C23H23N3O3S/c1-25-22(29)20(15-16-8-3-4-11-19(16)27)30-23(25)24-18-10-7-9-17(14-18)21(28)26-12-5-2-6-13-26/h3-4,7-11,14-15,27H,2,5-6,12-13H2,1H3/b20-15+,24-23?. The number of benzene rings is 2. The Bertz CT molecular complexity index is 1040. The van der Waals surface area contributed by atoms with Crippen LogP contribution in [0, 0.1) is 0 Å². The van der Waals surface area contributed by atoms with E-state index >= 15 is 0 Å². The number of nitrogens with zero attached hydrogens (tertiary/aromatic N) is 3. The number of piperidine rings is 1. The molecule has 2 aromatic rings. The van der Waals surface area contributed by atoms with Crippen LogP contribution >= 0.6 is 11.8 Å². The summed E-state index contributed by atoms with van der Waals surface area (Å²) in [5, 5.41) is 10.5. The Hall–Kier alpha value is -3.06. The van der Waals surface area contributed by atoms with Gasteiger partial charge in [-0.3, -0.25) is 14.5 Å². The summed E-state index contributed by atoms with van der Waals surface area (Å²) < 4.78 is 0. The molecule has 7 heteroatoms. The van der Waals surface area contributed by atoms with Crippen molar-refractivity contribution in [1.29, 1.82) is 0 Å². The van der Waals surface area contributed by atoms with Crippen molar-refractivity contribution in [3.8, 4) is 5.75 Å². The quantitative estimate of drug-likeness (QED) is 0.752. The highest BCUT2D eigenvalue weighted by Gasteiger charge is 2.30. The first-order chi connectivity index (χ1) is 14.5. The number of para-hydroxylation sites is 1. The Balaban J connectivity index is 1.57.